The number of aryl methyl sites for hydroxylation is 2. The number of aromatic amines is 1. The number of fused-ring (bicyclic) bond motifs is 1. The molecule has 0 saturated heterocycles. The van der Waals surface area contributed by atoms with Crippen LogP contribution in [0.4, 0.5) is 5.69 Å². The summed E-state index contributed by atoms with van der Waals surface area (Å²) in [4.78, 5) is 26.3. The zero-order valence-corrected chi connectivity index (χ0v) is 17.3. The lowest BCUT2D eigenvalue weighted by molar-refractivity contribution is -0.114. The van der Waals surface area contributed by atoms with E-state index >= 15 is 0 Å². The summed E-state index contributed by atoms with van der Waals surface area (Å²) in [6, 6.07) is 11.6. The van der Waals surface area contributed by atoms with E-state index in [0.717, 1.165) is 22.0 Å². The summed E-state index contributed by atoms with van der Waals surface area (Å²) in [6.07, 6.45) is 0.265. The van der Waals surface area contributed by atoms with Gasteiger partial charge in [-0.15, -0.1) is 0 Å². The maximum absolute atomic E-state index is 12.5. The lowest BCUT2D eigenvalue weighted by Crippen LogP contribution is -2.27. The summed E-state index contributed by atoms with van der Waals surface area (Å²) in [5.41, 5.74) is 3.80. The van der Waals surface area contributed by atoms with Gasteiger partial charge in [0.05, 0.1) is 4.90 Å². The molecule has 0 aliphatic rings. The minimum Gasteiger partial charge on any atom is -0.326 e. The summed E-state index contributed by atoms with van der Waals surface area (Å²) >= 11 is 0. The number of amides is 1. The Morgan fingerprint density at radius 2 is 1.69 bits per heavy atom. The normalized spacial score (nSPS) is 11.6. The molecule has 0 aliphatic heterocycles. The van der Waals surface area contributed by atoms with Gasteiger partial charge < -0.3 is 10.3 Å². The topological polar surface area (TPSA) is 108 Å². The van der Waals surface area contributed by atoms with Gasteiger partial charge in [-0.05, 0) is 79.2 Å². The molecule has 1 aromatic heterocycles. The van der Waals surface area contributed by atoms with E-state index in [9.17, 15) is 18.0 Å². The van der Waals surface area contributed by atoms with Crippen molar-refractivity contribution in [3.63, 3.8) is 0 Å². The second kappa shape index (κ2) is 8.18. The number of rotatable bonds is 6. The number of pyridine rings is 1. The van der Waals surface area contributed by atoms with E-state index in [-0.39, 0.29) is 29.3 Å². The highest BCUT2D eigenvalue weighted by Crippen LogP contribution is 2.18. The molecule has 0 bridgehead atoms. The molecule has 0 radical (unpaired) electrons. The van der Waals surface area contributed by atoms with Crippen molar-refractivity contribution in [3.8, 4) is 0 Å². The fraction of sp³-hybridized carbons (Fsp3) is 0.238. The smallest absolute Gasteiger partial charge is 0.251 e. The predicted molar refractivity (Wildman–Crippen MR) is 114 cm³/mol. The van der Waals surface area contributed by atoms with Gasteiger partial charge in [0.1, 0.15) is 0 Å². The molecule has 2 aromatic carbocycles. The number of carbonyl (C=O) groups is 1. The van der Waals surface area contributed by atoms with Crippen molar-refractivity contribution in [1.29, 1.82) is 0 Å². The van der Waals surface area contributed by atoms with Crippen LogP contribution in [0, 0.1) is 13.8 Å². The van der Waals surface area contributed by atoms with Gasteiger partial charge in [0.25, 0.3) is 5.56 Å². The number of nitrogens with one attached hydrogen (secondary N) is 3. The van der Waals surface area contributed by atoms with Crippen LogP contribution in [0.25, 0.3) is 10.9 Å². The van der Waals surface area contributed by atoms with Gasteiger partial charge in [-0.1, -0.05) is 0 Å². The molecule has 0 unspecified atom stereocenters. The van der Waals surface area contributed by atoms with Gasteiger partial charge in [-0.3, -0.25) is 9.59 Å². The maximum Gasteiger partial charge on any atom is 0.251 e. The van der Waals surface area contributed by atoms with Crippen molar-refractivity contribution in [2.45, 2.75) is 32.1 Å². The Morgan fingerprint density at radius 1 is 1.03 bits per heavy atom. The molecule has 8 heteroatoms. The predicted octanol–water partition coefficient (Wildman–Crippen LogP) is 2.62. The van der Waals surface area contributed by atoms with Crippen molar-refractivity contribution < 1.29 is 13.2 Å². The number of carbonyl (C=O) groups excluding carboxylic acids is 1. The van der Waals surface area contributed by atoms with E-state index in [0.29, 0.717) is 11.3 Å². The third kappa shape index (κ3) is 4.90. The standard InChI is InChI=1S/C21H23N3O4S/c1-13-10-17-12-16(21(26)24-20(17)11-14(13)2)8-9-22-29(27,28)19-6-4-18(5-7-19)23-15(3)25/h4-7,10-12,22H,8-9H2,1-3H3,(H,23,25)(H,24,26). The van der Waals surface area contributed by atoms with Crippen LogP contribution >= 0.6 is 0 Å². The lowest BCUT2D eigenvalue weighted by atomic mass is 10.0. The van der Waals surface area contributed by atoms with Crippen LogP contribution in [0.1, 0.15) is 23.6 Å². The Kier molecular flexibility index (Phi) is 5.86. The van der Waals surface area contributed by atoms with Crippen LogP contribution in [0.3, 0.4) is 0 Å². The lowest BCUT2D eigenvalue weighted by Gasteiger charge is -2.09. The van der Waals surface area contributed by atoms with Gasteiger partial charge in [-0.25, -0.2) is 13.1 Å². The van der Waals surface area contributed by atoms with E-state index in [1.54, 1.807) is 6.07 Å². The van der Waals surface area contributed by atoms with Crippen LogP contribution in [0.15, 0.2) is 52.2 Å². The quantitative estimate of drug-likeness (QED) is 0.577. The maximum atomic E-state index is 12.5. The van der Waals surface area contributed by atoms with E-state index in [1.807, 2.05) is 26.0 Å². The van der Waals surface area contributed by atoms with Gasteiger partial charge in [-0.2, -0.15) is 0 Å². The molecular weight excluding hydrogens is 390 g/mol. The summed E-state index contributed by atoms with van der Waals surface area (Å²) in [5.74, 6) is -0.232. The first kappa shape index (κ1) is 20.8. The van der Waals surface area contributed by atoms with Gasteiger partial charge >= 0.3 is 0 Å². The van der Waals surface area contributed by atoms with Crippen LogP contribution in [0.5, 0.6) is 0 Å². The molecular formula is C21H23N3O4S. The van der Waals surface area contributed by atoms with E-state index in [1.165, 1.54) is 31.2 Å². The average Bonchev–Trinajstić information content (AvgIpc) is 2.64. The second-order valence-corrected chi connectivity index (χ2v) is 8.77. The zero-order valence-electron chi connectivity index (χ0n) is 16.5. The fourth-order valence-corrected chi connectivity index (χ4v) is 4.06. The highest BCUT2D eigenvalue weighted by Gasteiger charge is 2.14. The van der Waals surface area contributed by atoms with E-state index in [2.05, 4.69) is 15.0 Å². The van der Waals surface area contributed by atoms with Crippen molar-refractivity contribution in [3.05, 3.63) is 69.5 Å². The molecule has 0 spiro atoms. The molecule has 0 fully saturated rings. The molecule has 1 heterocycles. The van der Waals surface area contributed by atoms with Gasteiger partial charge in [0, 0.05) is 30.2 Å². The van der Waals surface area contributed by atoms with Crippen molar-refractivity contribution in [2.75, 3.05) is 11.9 Å². The molecule has 7 nitrogen and oxygen atoms in total. The molecule has 0 saturated carbocycles. The molecule has 0 aliphatic carbocycles. The first-order valence-electron chi connectivity index (χ1n) is 9.16. The fourth-order valence-electron chi connectivity index (χ4n) is 3.03. The first-order valence-corrected chi connectivity index (χ1v) is 10.6. The second-order valence-electron chi connectivity index (χ2n) is 7.00. The Balaban J connectivity index is 1.71. The number of aromatic nitrogens is 1. The molecule has 1 amide bonds. The van der Waals surface area contributed by atoms with Crippen molar-refractivity contribution >= 4 is 32.5 Å². The third-order valence-corrected chi connectivity index (χ3v) is 6.18. The summed E-state index contributed by atoms with van der Waals surface area (Å²) in [5, 5.41) is 3.50. The number of hydrogen-bond donors (Lipinski definition) is 3. The zero-order chi connectivity index (χ0) is 21.2. The summed E-state index contributed by atoms with van der Waals surface area (Å²) in [6.45, 7) is 5.46. The number of benzene rings is 2. The molecule has 3 N–H and O–H groups in total. The van der Waals surface area contributed by atoms with Crippen molar-refractivity contribution in [2.24, 2.45) is 0 Å². The van der Waals surface area contributed by atoms with E-state index < -0.39 is 10.0 Å². The average molecular weight is 413 g/mol. The molecule has 3 aromatic rings. The molecule has 152 valence electrons. The van der Waals surface area contributed by atoms with E-state index in [4.69, 9.17) is 0 Å². The number of sulfonamides is 1. The highest BCUT2D eigenvalue weighted by atomic mass is 32.2. The van der Waals surface area contributed by atoms with Crippen LogP contribution in [-0.4, -0.2) is 25.9 Å². The molecule has 3 rings (SSSR count). The van der Waals surface area contributed by atoms with Crippen LogP contribution < -0.4 is 15.6 Å². The van der Waals surface area contributed by atoms with Gasteiger partial charge in [0.15, 0.2) is 0 Å². The SMILES string of the molecule is CC(=O)Nc1ccc(S(=O)(=O)NCCc2cc3cc(C)c(C)cc3[nH]c2=O)cc1. The molecule has 0 atom stereocenters. The Morgan fingerprint density at radius 3 is 2.34 bits per heavy atom. The highest BCUT2D eigenvalue weighted by molar-refractivity contribution is 7.89. The largest absolute Gasteiger partial charge is 0.326 e. The summed E-state index contributed by atoms with van der Waals surface area (Å²) in [7, 11) is -3.72. The minimum absolute atomic E-state index is 0.0881. The third-order valence-electron chi connectivity index (χ3n) is 4.71. The Bertz CT molecular complexity index is 1230. The Labute approximate surface area is 169 Å². The Hall–Kier alpha value is -2.97. The van der Waals surface area contributed by atoms with Crippen LogP contribution in [0.2, 0.25) is 0 Å². The van der Waals surface area contributed by atoms with Gasteiger partial charge in [0.2, 0.25) is 15.9 Å². The molecule has 29 heavy (non-hydrogen) atoms. The van der Waals surface area contributed by atoms with Crippen molar-refractivity contribution in [1.82, 2.24) is 9.71 Å². The summed E-state index contributed by atoms with van der Waals surface area (Å²) < 4.78 is 27.4. The minimum atomic E-state index is -3.72. The van der Waals surface area contributed by atoms with Crippen LogP contribution in [-0.2, 0) is 21.2 Å². The number of H-pyrrole nitrogens is 1. The monoisotopic (exact) mass is 413 g/mol. The number of hydrogen-bond acceptors (Lipinski definition) is 4. The number of anilines is 1. The first-order chi connectivity index (χ1) is 13.7.